The van der Waals surface area contributed by atoms with Crippen LogP contribution in [0.15, 0.2) is 41.5 Å². The predicted octanol–water partition coefficient (Wildman–Crippen LogP) is 4.32. The second-order valence-electron chi connectivity index (χ2n) is 6.34. The third-order valence-electron chi connectivity index (χ3n) is 4.19. The number of methoxy groups -OCH3 is 1. The first-order chi connectivity index (χ1) is 14.1. The van der Waals surface area contributed by atoms with Crippen LogP contribution in [0.5, 0.6) is 17.4 Å². The highest BCUT2D eigenvalue weighted by Gasteiger charge is 2.12. The van der Waals surface area contributed by atoms with Gasteiger partial charge in [-0.25, -0.2) is 9.98 Å². The molecular weight excluding hydrogens is 495 g/mol. The minimum atomic E-state index is 0. The van der Waals surface area contributed by atoms with E-state index in [9.17, 15) is 0 Å². The van der Waals surface area contributed by atoms with Gasteiger partial charge in [0.05, 0.1) is 32.9 Å². The van der Waals surface area contributed by atoms with Crippen LogP contribution in [-0.2, 0) is 6.54 Å². The summed E-state index contributed by atoms with van der Waals surface area (Å²) in [5.41, 5.74) is 2.10. The maximum Gasteiger partial charge on any atom is 0.212 e. The third kappa shape index (κ3) is 7.89. The monoisotopic (exact) mass is 528 g/mol. The molecule has 0 radical (unpaired) electrons. The first-order valence-electron chi connectivity index (χ1n) is 10.0. The number of ether oxygens (including phenoxy) is 3. The molecule has 0 spiro atoms. The minimum absolute atomic E-state index is 0. The fourth-order valence-electron chi connectivity index (χ4n) is 2.74. The standard InChI is InChI=1S/C22H32N4O3.HI/c1-6-23-22(25-15-17-9-12-21(27-5)24-14-17)26-16(4)18-10-11-19(28-7-2)20(13-18)29-8-3;/h9-14,16H,6-8,15H2,1-5H3,(H2,23,25,26);1H. The fraction of sp³-hybridized carbons (Fsp3) is 0.455. The van der Waals surface area contributed by atoms with Crippen LogP contribution >= 0.6 is 24.0 Å². The summed E-state index contributed by atoms with van der Waals surface area (Å²) in [5.74, 6) is 2.85. The van der Waals surface area contributed by atoms with Crippen molar-refractivity contribution < 1.29 is 14.2 Å². The van der Waals surface area contributed by atoms with Crippen LogP contribution in [0.4, 0.5) is 0 Å². The first-order valence-corrected chi connectivity index (χ1v) is 10.0. The molecule has 30 heavy (non-hydrogen) atoms. The van der Waals surface area contributed by atoms with E-state index in [1.54, 1.807) is 13.3 Å². The van der Waals surface area contributed by atoms with Gasteiger partial charge in [-0.3, -0.25) is 0 Å². The molecule has 0 saturated heterocycles. The highest BCUT2D eigenvalue weighted by Crippen LogP contribution is 2.30. The Morgan fingerprint density at radius 3 is 2.40 bits per heavy atom. The SMILES string of the molecule is CCNC(=NCc1ccc(OC)nc1)NC(C)c1ccc(OCC)c(OCC)c1.I. The van der Waals surface area contributed by atoms with Crippen LogP contribution in [-0.4, -0.2) is 37.8 Å². The largest absolute Gasteiger partial charge is 0.490 e. The number of nitrogens with one attached hydrogen (secondary N) is 2. The Morgan fingerprint density at radius 2 is 1.80 bits per heavy atom. The van der Waals surface area contributed by atoms with Gasteiger partial charge in [-0.1, -0.05) is 12.1 Å². The van der Waals surface area contributed by atoms with Gasteiger partial charge >= 0.3 is 0 Å². The molecule has 8 heteroatoms. The van der Waals surface area contributed by atoms with Crippen LogP contribution < -0.4 is 24.8 Å². The van der Waals surface area contributed by atoms with Gasteiger partial charge in [0.25, 0.3) is 0 Å². The normalized spacial score (nSPS) is 11.8. The van der Waals surface area contributed by atoms with Crippen molar-refractivity contribution in [2.24, 2.45) is 4.99 Å². The fourth-order valence-corrected chi connectivity index (χ4v) is 2.74. The third-order valence-corrected chi connectivity index (χ3v) is 4.19. The molecule has 2 N–H and O–H groups in total. The number of rotatable bonds is 10. The van der Waals surface area contributed by atoms with Crippen molar-refractivity contribution in [2.45, 2.75) is 40.3 Å². The highest BCUT2D eigenvalue weighted by atomic mass is 127. The number of pyridine rings is 1. The van der Waals surface area contributed by atoms with Gasteiger partial charge in [-0.2, -0.15) is 0 Å². The van der Waals surface area contributed by atoms with Gasteiger partial charge in [0, 0.05) is 18.8 Å². The zero-order chi connectivity index (χ0) is 21.1. The van der Waals surface area contributed by atoms with Gasteiger partial charge in [0.2, 0.25) is 5.88 Å². The van der Waals surface area contributed by atoms with Crippen molar-refractivity contribution in [1.29, 1.82) is 0 Å². The lowest BCUT2D eigenvalue weighted by Gasteiger charge is -2.20. The molecule has 0 aliphatic rings. The molecule has 0 aliphatic heterocycles. The summed E-state index contributed by atoms with van der Waals surface area (Å²) in [7, 11) is 1.60. The Kier molecular flexibility index (Phi) is 12.0. The smallest absolute Gasteiger partial charge is 0.212 e. The number of benzene rings is 1. The van der Waals surface area contributed by atoms with E-state index in [4.69, 9.17) is 14.2 Å². The Balaban J connectivity index is 0.00000450. The lowest BCUT2D eigenvalue weighted by atomic mass is 10.1. The number of hydrogen-bond acceptors (Lipinski definition) is 5. The molecular formula is C22H33IN4O3. The van der Waals surface area contributed by atoms with Crippen molar-refractivity contribution in [3.8, 4) is 17.4 Å². The predicted molar refractivity (Wildman–Crippen MR) is 131 cm³/mol. The molecule has 1 atom stereocenters. The Labute approximate surface area is 196 Å². The summed E-state index contributed by atoms with van der Waals surface area (Å²) in [6, 6.07) is 9.85. The van der Waals surface area contributed by atoms with E-state index in [-0.39, 0.29) is 30.0 Å². The molecule has 1 aromatic carbocycles. The molecule has 166 valence electrons. The summed E-state index contributed by atoms with van der Waals surface area (Å²) in [6.07, 6.45) is 1.77. The van der Waals surface area contributed by atoms with Crippen LogP contribution in [0, 0.1) is 0 Å². The molecule has 7 nitrogen and oxygen atoms in total. The zero-order valence-electron chi connectivity index (χ0n) is 18.4. The summed E-state index contributed by atoms with van der Waals surface area (Å²) in [6.45, 7) is 10.5. The van der Waals surface area contributed by atoms with Gasteiger partial charge in [-0.15, -0.1) is 24.0 Å². The number of aromatic nitrogens is 1. The van der Waals surface area contributed by atoms with Crippen molar-refractivity contribution in [3.63, 3.8) is 0 Å². The molecule has 0 fully saturated rings. The number of hydrogen-bond donors (Lipinski definition) is 2. The molecule has 2 rings (SSSR count). The summed E-state index contributed by atoms with van der Waals surface area (Å²) >= 11 is 0. The summed E-state index contributed by atoms with van der Waals surface area (Å²) < 4.78 is 16.5. The molecule has 0 amide bonds. The molecule has 2 aromatic rings. The number of halogens is 1. The van der Waals surface area contributed by atoms with E-state index in [0.29, 0.717) is 25.6 Å². The zero-order valence-corrected chi connectivity index (χ0v) is 20.7. The average Bonchev–Trinajstić information content (AvgIpc) is 2.74. The van der Waals surface area contributed by atoms with Crippen LogP contribution in [0.3, 0.4) is 0 Å². The van der Waals surface area contributed by atoms with Crippen LogP contribution in [0.25, 0.3) is 0 Å². The van der Waals surface area contributed by atoms with Crippen LogP contribution in [0.1, 0.15) is 44.9 Å². The summed E-state index contributed by atoms with van der Waals surface area (Å²) in [5, 5.41) is 6.73. The first kappa shape index (κ1) is 25.8. The molecule has 0 aliphatic carbocycles. The topological polar surface area (TPSA) is 77.0 Å². The van der Waals surface area contributed by atoms with E-state index in [1.165, 1.54) is 0 Å². The number of guanidine groups is 1. The number of aliphatic imine (C=N–C) groups is 1. The molecule has 1 aromatic heterocycles. The molecule has 1 unspecified atom stereocenters. The molecule has 0 bridgehead atoms. The van der Waals surface area contributed by atoms with E-state index >= 15 is 0 Å². The van der Waals surface area contributed by atoms with E-state index in [2.05, 4.69) is 27.5 Å². The number of nitrogens with zero attached hydrogens (tertiary/aromatic N) is 2. The Morgan fingerprint density at radius 1 is 1.07 bits per heavy atom. The van der Waals surface area contributed by atoms with Gasteiger partial charge < -0.3 is 24.8 Å². The minimum Gasteiger partial charge on any atom is -0.490 e. The lowest BCUT2D eigenvalue weighted by Crippen LogP contribution is -2.38. The second kappa shape index (κ2) is 13.9. The van der Waals surface area contributed by atoms with Crippen molar-refractivity contribution in [1.82, 2.24) is 15.6 Å². The lowest BCUT2D eigenvalue weighted by molar-refractivity contribution is 0.287. The van der Waals surface area contributed by atoms with E-state index in [1.807, 2.05) is 51.1 Å². The van der Waals surface area contributed by atoms with Gasteiger partial charge in [0.15, 0.2) is 17.5 Å². The average molecular weight is 528 g/mol. The van der Waals surface area contributed by atoms with Gasteiger partial charge in [0.1, 0.15) is 0 Å². The van der Waals surface area contributed by atoms with Crippen molar-refractivity contribution in [2.75, 3.05) is 26.9 Å². The maximum absolute atomic E-state index is 5.74. The van der Waals surface area contributed by atoms with Crippen molar-refractivity contribution in [3.05, 3.63) is 47.7 Å². The van der Waals surface area contributed by atoms with Crippen molar-refractivity contribution >= 4 is 29.9 Å². The van der Waals surface area contributed by atoms with E-state index < -0.39 is 0 Å². The molecule has 1 heterocycles. The maximum atomic E-state index is 5.74. The Bertz CT molecular complexity index is 784. The van der Waals surface area contributed by atoms with E-state index in [0.717, 1.165) is 35.1 Å². The quantitative estimate of drug-likeness (QED) is 0.272. The second-order valence-corrected chi connectivity index (χ2v) is 6.34. The van der Waals surface area contributed by atoms with Crippen LogP contribution in [0.2, 0.25) is 0 Å². The molecule has 0 saturated carbocycles. The summed E-state index contributed by atoms with van der Waals surface area (Å²) in [4.78, 5) is 8.89. The Hall–Kier alpha value is -2.23. The highest BCUT2D eigenvalue weighted by molar-refractivity contribution is 14.0. The van der Waals surface area contributed by atoms with Gasteiger partial charge in [-0.05, 0) is 51.0 Å².